The van der Waals surface area contributed by atoms with E-state index in [0.29, 0.717) is 18.7 Å². The zero-order valence-electron chi connectivity index (χ0n) is 15.8. The number of rotatable bonds is 9. The standard InChI is InChI=1S/C20H32N2O3/c1-4-19(25-18-8-6-17(24-3)7-9-18)20(23)21-12-5-13-22-14-10-16(2)11-15-22/h6-9,16,19H,4-5,10-15H2,1-3H3,(H,21,23)/t19-/m0/s1. The van der Waals surface area contributed by atoms with Crippen molar-refractivity contribution in [2.24, 2.45) is 5.92 Å². The van der Waals surface area contributed by atoms with Crippen molar-refractivity contribution in [3.63, 3.8) is 0 Å². The van der Waals surface area contributed by atoms with Crippen LogP contribution in [0.15, 0.2) is 24.3 Å². The van der Waals surface area contributed by atoms with Gasteiger partial charge in [-0.05, 0) is 75.5 Å². The molecule has 0 saturated carbocycles. The van der Waals surface area contributed by atoms with E-state index in [1.807, 2.05) is 31.2 Å². The number of hydrogen-bond donors (Lipinski definition) is 1. The molecule has 1 aromatic rings. The van der Waals surface area contributed by atoms with Crippen LogP contribution in [0.2, 0.25) is 0 Å². The molecule has 1 aliphatic heterocycles. The van der Waals surface area contributed by atoms with Gasteiger partial charge < -0.3 is 19.7 Å². The summed E-state index contributed by atoms with van der Waals surface area (Å²) in [6.07, 6.45) is 3.75. The highest BCUT2D eigenvalue weighted by Crippen LogP contribution is 2.19. The Bertz CT molecular complexity index is 510. The number of piperidine rings is 1. The van der Waals surface area contributed by atoms with Gasteiger partial charge >= 0.3 is 0 Å². The minimum absolute atomic E-state index is 0.0365. The Hall–Kier alpha value is -1.75. The van der Waals surface area contributed by atoms with Crippen molar-refractivity contribution in [3.05, 3.63) is 24.3 Å². The van der Waals surface area contributed by atoms with Gasteiger partial charge in [0, 0.05) is 6.54 Å². The Kier molecular flexibility index (Phi) is 8.06. The molecule has 0 aromatic heterocycles. The predicted molar refractivity (Wildman–Crippen MR) is 100 cm³/mol. The van der Waals surface area contributed by atoms with Crippen LogP contribution in [0.3, 0.4) is 0 Å². The second-order valence-corrected chi connectivity index (χ2v) is 6.86. The monoisotopic (exact) mass is 348 g/mol. The Labute approximate surface area is 151 Å². The van der Waals surface area contributed by atoms with E-state index in [2.05, 4.69) is 17.1 Å². The molecule has 5 heteroatoms. The second-order valence-electron chi connectivity index (χ2n) is 6.86. The summed E-state index contributed by atoms with van der Waals surface area (Å²) in [6, 6.07) is 7.32. The molecule has 1 N–H and O–H groups in total. The first-order valence-corrected chi connectivity index (χ1v) is 9.43. The van der Waals surface area contributed by atoms with Gasteiger partial charge in [0.25, 0.3) is 5.91 Å². The van der Waals surface area contributed by atoms with E-state index in [1.54, 1.807) is 7.11 Å². The smallest absolute Gasteiger partial charge is 0.261 e. The quantitative estimate of drug-likeness (QED) is 0.697. The lowest BCUT2D eigenvalue weighted by Crippen LogP contribution is -2.40. The lowest BCUT2D eigenvalue weighted by molar-refractivity contribution is -0.128. The molecule has 1 amide bonds. The maximum atomic E-state index is 12.3. The van der Waals surface area contributed by atoms with Gasteiger partial charge in [-0.25, -0.2) is 0 Å². The molecule has 1 aromatic carbocycles. The van der Waals surface area contributed by atoms with Crippen molar-refractivity contribution in [1.82, 2.24) is 10.2 Å². The van der Waals surface area contributed by atoms with E-state index in [-0.39, 0.29) is 5.91 Å². The van der Waals surface area contributed by atoms with Crippen molar-refractivity contribution >= 4 is 5.91 Å². The third kappa shape index (κ3) is 6.58. The van der Waals surface area contributed by atoms with Gasteiger partial charge in [0.15, 0.2) is 6.10 Å². The molecule has 1 fully saturated rings. The van der Waals surface area contributed by atoms with Crippen molar-refractivity contribution < 1.29 is 14.3 Å². The van der Waals surface area contributed by atoms with E-state index in [0.717, 1.165) is 24.6 Å². The van der Waals surface area contributed by atoms with Crippen LogP contribution in [0, 0.1) is 5.92 Å². The molecule has 1 heterocycles. The van der Waals surface area contributed by atoms with Crippen LogP contribution in [0.4, 0.5) is 0 Å². The number of nitrogens with zero attached hydrogens (tertiary/aromatic N) is 1. The van der Waals surface area contributed by atoms with Crippen molar-refractivity contribution in [3.8, 4) is 11.5 Å². The van der Waals surface area contributed by atoms with E-state index in [9.17, 15) is 4.79 Å². The highest BCUT2D eigenvalue weighted by Gasteiger charge is 2.18. The zero-order valence-corrected chi connectivity index (χ0v) is 15.8. The number of nitrogens with one attached hydrogen (secondary N) is 1. The van der Waals surface area contributed by atoms with E-state index < -0.39 is 6.10 Å². The molecule has 25 heavy (non-hydrogen) atoms. The lowest BCUT2D eigenvalue weighted by atomic mass is 9.99. The molecular formula is C20H32N2O3. The van der Waals surface area contributed by atoms with Gasteiger partial charge in [0.1, 0.15) is 11.5 Å². The van der Waals surface area contributed by atoms with Gasteiger partial charge in [-0.1, -0.05) is 13.8 Å². The van der Waals surface area contributed by atoms with Gasteiger partial charge in [-0.2, -0.15) is 0 Å². The SMILES string of the molecule is CC[C@H](Oc1ccc(OC)cc1)C(=O)NCCCN1CCC(C)CC1. The summed E-state index contributed by atoms with van der Waals surface area (Å²) < 4.78 is 10.9. The van der Waals surface area contributed by atoms with Gasteiger partial charge in [-0.3, -0.25) is 4.79 Å². The van der Waals surface area contributed by atoms with Crippen LogP contribution in [0.5, 0.6) is 11.5 Å². The Morgan fingerprint density at radius 3 is 2.48 bits per heavy atom. The molecule has 0 radical (unpaired) electrons. The molecule has 0 aliphatic carbocycles. The lowest BCUT2D eigenvalue weighted by Gasteiger charge is -2.30. The number of likely N-dealkylation sites (tertiary alicyclic amines) is 1. The van der Waals surface area contributed by atoms with Gasteiger partial charge in [0.05, 0.1) is 7.11 Å². The van der Waals surface area contributed by atoms with Gasteiger partial charge in [0.2, 0.25) is 0 Å². The summed E-state index contributed by atoms with van der Waals surface area (Å²) in [5.74, 6) is 2.28. The zero-order chi connectivity index (χ0) is 18.1. The summed E-state index contributed by atoms with van der Waals surface area (Å²) in [4.78, 5) is 14.8. The van der Waals surface area contributed by atoms with Gasteiger partial charge in [-0.15, -0.1) is 0 Å². The largest absolute Gasteiger partial charge is 0.497 e. The molecule has 5 nitrogen and oxygen atoms in total. The molecule has 0 unspecified atom stereocenters. The first kappa shape index (κ1) is 19.6. The molecule has 1 atom stereocenters. The van der Waals surface area contributed by atoms with Crippen molar-refractivity contribution in [2.75, 3.05) is 33.3 Å². The third-order valence-electron chi connectivity index (χ3n) is 4.83. The third-order valence-corrected chi connectivity index (χ3v) is 4.83. The van der Waals surface area contributed by atoms with Crippen LogP contribution in [0.25, 0.3) is 0 Å². The van der Waals surface area contributed by atoms with Crippen molar-refractivity contribution in [1.29, 1.82) is 0 Å². The summed E-state index contributed by atoms with van der Waals surface area (Å²) in [7, 11) is 1.63. The number of hydrogen-bond acceptors (Lipinski definition) is 4. The molecule has 0 bridgehead atoms. The first-order chi connectivity index (χ1) is 12.1. The normalized spacial score (nSPS) is 17.1. The highest BCUT2D eigenvalue weighted by molar-refractivity contribution is 5.81. The number of carbonyl (C=O) groups is 1. The fraction of sp³-hybridized carbons (Fsp3) is 0.650. The van der Waals surface area contributed by atoms with Crippen LogP contribution in [-0.4, -0.2) is 50.2 Å². The molecule has 1 saturated heterocycles. The second kappa shape index (κ2) is 10.3. The average Bonchev–Trinajstić information content (AvgIpc) is 2.65. The van der Waals surface area contributed by atoms with Crippen LogP contribution < -0.4 is 14.8 Å². The molecule has 2 rings (SSSR count). The average molecular weight is 348 g/mol. The van der Waals surface area contributed by atoms with E-state index in [4.69, 9.17) is 9.47 Å². The Balaban J connectivity index is 1.68. The minimum Gasteiger partial charge on any atom is -0.497 e. The predicted octanol–water partition coefficient (Wildman–Crippen LogP) is 3.09. The van der Waals surface area contributed by atoms with Crippen LogP contribution in [0.1, 0.15) is 39.5 Å². The topological polar surface area (TPSA) is 50.8 Å². The number of carbonyl (C=O) groups excluding carboxylic acids is 1. The van der Waals surface area contributed by atoms with E-state index in [1.165, 1.54) is 25.9 Å². The highest BCUT2D eigenvalue weighted by atomic mass is 16.5. The Morgan fingerprint density at radius 2 is 1.88 bits per heavy atom. The Morgan fingerprint density at radius 1 is 1.24 bits per heavy atom. The van der Waals surface area contributed by atoms with Crippen LogP contribution >= 0.6 is 0 Å². The summed E-state index contributed by atoms with van der Waals surface area (Å²) in [5, 5.41) is 3.01. The number of amides is 1. The van der Waals surface area contributed by atoms with E-state index >= 15 is 0 Å². The van der Waals surface area contributed by atoms with Crippen molar-refractivity contribution in [2.45, 2.75) is 45.6 Å². The van der Waals surface area contributed by atoms with Crippen LogP contribution in [-0.2, 0) is 4.79 Å². The number of ether oxygens (including phenoxy) is 2. The number of benzene rings is 1. The first-order valence-electron chi connectivity index (χ1n) is 9.43. The summed E-state index contributed by atoms with van der Waals surface area (Å²) in [6.45, 7) is 8.42. The molecule has 140 valence electrons. The summed E-state index contributed by atoms with van der Waals surface area (Å²) >= 11 is 0. The maximum Gasteiger partial charge on any atom is 0.261 e. The molecule has 1 aliphatic rings. The fourth-order valence-electron chi connectivity index (χ4n) is 3.05. The number of methoxy groups -OCH3 is 1. The molecular weight excluding hydrogens is 316 g/mol. The maximum absolute atomic E-state index is 12.3. The summed E-state index contributed by atoms with van der Waals surface area (Å²) in [5.41, 5.74) is 0. The molecule has 0 spiro atoms. The fourth-order valence-corrected chi connectivity index (χ4v) is 3.05. The minimum atomic E-state index is -0.454.